The number of alkyl carbamates (subject to hydrolysis) is 1. The van der Waals surface area contributed by atoms with Gasteiger partial charge in [-0.1, -0.05) is 68.8 Å². The second-order valence-corrected chi connectivity index (χ2v) is 9.94. The molecule has 3 N–H and O–H groups in total. The number of benzene rings is 2. The third-order valence-corrected chi connectivity index (χ3v) is 7.47. The summed E-state index contributed by atoms with van der Waals surface area (Å²) < 4.78 is 5.61. The van der Waals surface area contributed by atoms with Crippen molar-refractivity contribution in [1.82, 2.24) is 10.6 Å². The second kappa shape index (κ2) is 10.9. The molecule has 0 bridgehead atoms. The van der Waals surface area contributed by atoms with Gasteiger partial charge in [0.2, 0.25) is 5.91 Å². The van der Waals surface area contributed by atoms with Gasteiger partial charge in [0.1, 0.15) is 6.61 Å². The molecule has 1 fully saturated rings. The average Bonchev–Trinajstić information content (AvgIpc) is 3.44. The van der Waals surface area contributed by atoms with E-state index in [0.717, 1.165) is 30.4 Å². The first-order chi connectivity index (χ1) is 16.9. The van der Waals surface area contributed by atoms with Crippen molar-refractivity contribution in [2.45, 2.75) is 39.0 Å². The number of hydrogen-bond donors (Lipinski definition) is 3. The Hall–Kier alpha value is -3.35. The Labute approximate surface area is 206 Å². The minimum atomic E-state index is -0.903. The van der Waals surface area contributed by atoms with Gasteiger partial charge in [0.25, 0.3) is 0 Å². The Balaban J connectivity index is 1.28. The van der Waals surface area contributed by atoms with Crippen molar-refractivity contribution in [3.8, 4) is 11.1 Å². The molecule has 2 amide bonds. The molecule has 0 saturated heterocycles. The van der Waals surface area contributed by atoms with Gasteiger partial charge in [-0.05, 0) is 46.9 Å². The maximum absolute atomic E-state index is 12.7. The molecule has 2 aromatic rings. The summed E-state index contributed by atoms with van der Waals surface area (Å²) >= 11 is 0. The quantitative estimate of drug-likeness (QED) is 0.495. The van der Waals surface area contributed by atoms with Crippen molar-refractivity contribution in [3.05, 3.63) is 59.7 Å². The number of carboxylic acid groups (broad SMARTS) is 1. The fraction of sp³-hybridized carbons (Fsp3) is 0.464. The maximum atomic E-state index is 12.7. The molecule has 2 aliphatic carbocycles. The third-order valence-electron chi connectivity index (χ3n) is 7.47. The van der Waals surface area contributed by atoms with Crippen molar-refractivity contribution < 1.29 is 24.2 Å². The molecule has 4 rings (SSSR count). The molecular formula is C28H34N2O5. The molecule has 0 spiro atoms. The van der Waals surface area contributed by atoms with E-state index in [2.05, 4.69) is 34.9 Å². The van der Waals surface area contributed by atoms with Crippen LogP contribution in [0, 0.1) is 23.7 Å². The molecule has 0 aromatic heterocycles. The molecular weight excluding hydrogens is 444 g/mol. The van der Waals surface area contributed by atoms with Crippen molar-refractivity contribution in [3.63, 3.8) is 0 Å². The number of carbonyl (C=O) groups excluding carboxylic acids is 2. The van der Waals surface area contributed by atoms with E-state index in [1.165, 1.54) is 11.1 Å². The summed E-state index contributed by atoms with van der Waals surface area (Å²) in [6.07, 6.45) is 2.00. The SMILES string of the molecule is CC(C)C(CNC(=O)[C@H]1CCC[C@H]1CNC(=O)OCC1c2ccccc2-c2ccccc21)C(=O)O. The zero-order valence-corrected chi connectivity index (χ0v) is 20.3. The highest BCUT2D eigenvalue weighted by Gasteiger charge is 2.34. The summed E-state index contributed by atoms with van der Waals surface area (Å²) in [4.78, 5) is 36.7. The fourth-order valence-electron chi connectivity index (χ4n) is 5.44. The van der Waals surface area contributed by atoms with Crippen LogP contribution in [0.15, 0.2) is 48.5 Å². The van der Waals surface area contributed by atoms with Crippen molar-refractivity contribution in [2.75, 3.05) is 19.7 Å². The Morgan fingerprint density at radius 3 is 2.20 bits per heavy atom. The van der Waals surface area contributed by atoms with E-state index < -0.39 is 18.0 Å². The lowest BCUT2D eigenvalue weighted by Crippen LogP contribution is -2.41. The lowest BCUT2D eigenvalue weighted by atomic mass is 9.93. The van der Waals surface area contributed by atoms with Gasteiger partial charge in [-0.3, -0.25) is 9.59 Å². The summed E-state index contributed by atoms with van der Waals surface area (Å²) in [7, 11) is 0. The minimum absolute atomic E-state index is 0.00120. The number of hydrogen-bond acceptors (Lipinski definition) is 4. The number of fused-ring (bicyclic) bond motifs is 3. The van der Waals surface area contributed by atoms with Gasteiger partial charge in [0.15, 0.2) is 0 Å². The Morgan fingerprint density at radius 1 is 0.971 bits per heavy atom. The molecule has 3 atom stereocenters. The molecule has 1 saturated carbocycles. The maximum Gasteiger partial charge on any atom is 0.407 e. The lowest BCUT2D eigenvalue weighted by molar-refractivity contribution is -0.143. The van der Waals surface area contributed by atoms with Crippen LogP contribution in [0.5, 0.6) is 0 Å². The standard InChI is InChI=1S/C28H34N2O5/c1-17(2)24(27(32)33)15-29-26(31)19-13-7-8-18(19)14-30-28(34)35-16-25-22-11-5-3-9-20(22)21-10-4-6-12-23(21)25/h3-6,9-12,17-19,24-25H,7-8,13-16H2,1-2H3,(H,29,31)(H,30,34)(H,32,33)/t18-,19-,24?/m0/s1. The van der Waals surface area contributed by atoms with E-state index in [1.54, 1.807) is 0 Å². The third kappa shape index (κ3) is 5.50. The van der Waals surface area contributed by atoms with Gasteiger partial charge in [-0.15, -0.1) is 0 Å². The van der Waals surface area contributed by atoms with Crippen LogP contribution in [0.2, 0.25) is 0 Å². The number of ether oxygens (including phenoxy) is 1. The summed E-state index contributed by atoms with van der Waals surface area (Å²) in [5.74, 6) is -1.93. The molecule has 0 radical (unpaired) electrons. The van der Waals surface area contributed by atoms with Gasteiger partial charge in [0, 0.05) is 24.9 Å². The minimum Gasteiger partial charge on any atom is -0.481 e. The van der Waals surface area contributed by atoms with Gasteiger partial charge >= 0.3 is 12.1 Å². The van der Waals surface area contributed by atoms with E-state index >= 15 is 0 Å². The Kier molecular flexibility index (Phi) is 7.73. The van der Waals surface area contributed by atoms with Crippen molar-refractivity contribution in [1.29, 1.82) is 0 Å². The highest BCUT2D eigenvalue weighted by molar-refractivity contribution is 5.81. The van der Waals surface area contributed by atoms with Gasteiger partial charge < -0.3 is 20.5 Å². The lowest BCUT2D eigenvalue weighted by Gasteiger charge is -2.22. The number of amides is 2. The molecule has 0 aliphatic heterocycles. The van der Waals surface area contributed by atoms with Gasteiger partial charge in [0.05, 0.1) is 5.92 Å². The zero-order chi connectivity index (χ0) is 24.9. The van der Waals surface area contributed by atoms with E-state index in [1.807, 2.05) is 38.1 Å². The number of aliphatic carboxylic acids is 1. The normalized spacial score (nSPS) is 19.6. The summed E-state index contributed by atoms with van der Waals surface area (Å²) in [5, 5.41) is 15.0. The van der Waals surface area contributed by atoms with Crippen molar-refractivity contribution >= 4 is 18.0 Å². The van der Waals surface area contributed by atoms with Crippen LogP contribution in [-0.4, -0.2) is 42.8 Å². The highest BCUT2D eigenvalue weighted by Crippen LogP contribution is 2.44. The fourth-order valence-corrected chi connectivity index (χ4v) is 5.44. The Bertz CT molecular complexity index is 1040. The summed E-state index contributed by atoms with van der Waals surface area (Å²) in [5.41, 5.74) is 4.68. The smallest absolute Gasteiger partial charge is 0.407 e. The first kappa shape index (κ1) is 24.8. The Morgan fingerprint density at radius 2 is 1.60 bits per heavy atom. The largest absolute Gasteiger partial charge is 0.481 e. The first-order valence-corrected chi connectivity index (χ1v) is 12.5. The molecule has 2 aromatic carbocycles. The van der Waals surface area contributed by atoms with E-state index in [-0.39, 0.29) is 42.7 Å². The molecule has 186 valence electrons. The molecule has 2 aliphatic rings. The average molecular weight is 479 g/mol. The molecule has 35 heavy (non-hydrogen) atoms. The highest BCUT2D eigenvalue weighted by atomic mass is 16.5. The van der Waals surface area contributed by atoms with Crippen LogP contribution >= 0.6 is 0 Å². The molecule has 1 unspecified atom stereocenters. The van der Waals surface area contributed by atoms with E-state index in [9.17, 15) is 19.5 Å². The second-order valence-electron chi connectivity index (χ2n) is 9.94. The predicted molar refractivity (Wildman–Crippen MR) is 133 cm³/mol. The topological polar surface area (TPSA) is 105 Å². The van der Waals surface area contributed by atoms with E-state index in [4.69, 9.17) is 4.74 Å². The van der Waals surface area contributed by atoms with Crippen LogP contribution in [0.25, 0.3) is 11.1 Å². The number of rotatable bonds is 9. The monoisotopic (exact) mass is 478 g/mol. The van der Waals surface area contributed by atoms with Crippen LogP contribution in [0.4, 0.5) is 4.79 Å². The van der Waals surface area contributed by atoms with Crippen LogP contribution in [0.3, 0.4) is 0 Å². The summed E-state index contributed by atoms with van der Waals surface area (Å²) in [6, 6.07) is 16.4. The number of nitrogens with one attached hydrogen (secondary N) is 2. The molecule has 0 heterocycles. The number of carboxylic acids is 1. The van der Waals surface area contributed by atoms with Crippen molar-refractivity contribution in [2.24, 2.45) is 23.7 Å². The van der Waals surface area contributed by atoms with Gasteiger partial charge in [-0.2, -0.15) is 0 Å². The zero-order valence-electron chi connectivity index (χ0n) is 20.3. The van der Waals surface area contributed by atoms with Crippen LogP contribution < -0.4 is 10.6 Å². The summed E-state index contributed by atoms with van der Waals surface area (Å²) in [6.45, 7) is 4.40. The van der Waals surface area contributed by atoms with E-state index in [0.29, 0.717) is 6.54 Å². The van der Waals surface area contributed by atoms with Crippen LogP contribution in [0.1, 0.15) is 50.2 Å². The predicted octanol–water partition coefficient (Wildman–Crippen LogP) is 4.41. The van der Waals surface area contributed by atoms with Crippen LogP contribution in [-0.2, 0) is 14.3 Å². The number of carbonyl (C=O) groups is 3. The van der Waals surface area contributed by atoms with Gasteiger partial charge in [-0.25, -0.2) is 4.79 Å². The first-order valence-electron chi connectivity index (χ1n) is 12.5. The molecule has 7 nitrogen and oxygen atoms in total. The molecule has 7 heteroatoms.